The van der Waals surface area contributed by atoms with Gasteiger partial charge in [0.1, 0.15) is 0 Å². The number of nitrogens with one attached hydrogen (secondary N) is 1. The Morgan fingerprint density at radius 1 is 1.50 bits per heavy atom. The molecular formula is C13H20BrNS. The fraction of sp³-hybridized carbons (Fsp3) is 0.538. The minimum Gasteiger partial charge on any atom is -0.314 e. The molecule has 0 spiro atoms. The minimum absolute atomic E-state index is 0.585. The van der Waals surface area contributed by atoms with Crippen molar-refractivity contribution in [2.45, 2.75) is 39.7 Å². The standard InChI is InChI=1S/C13H20BrNS/c1-10(2)15-8-4-5-11(3)9-12-6-7-13(14)16-12/h5-7,10,15H,4,8-9H2,1-3H3. The van der Waals surface area contributed by atoms with Gasteiger partial charge < -0.3 is 5.32 Å². The summed E-state index contributed by atoms with van der Waals surface area (Å²) in [4.78, 5) is 1.43. The van der Waals surface area contributed by atoms with E-state index in [0.29, 0.717) is 6.04 Å². The molecule has 0 atom stereocenters. The van der Waals surface area contributed by atoms with Crippen LogP contribution >= 0.6 is 27.3 Å². The molecule has 1 rings (SSSR count). The van der Waals surface area contributed by atoms with Crippen LogP contribution in [0, 0.1) is 0 Å². The summed E-state index contributed by atoms with van der Waals surface area (Å²) in [6.07, 6.45) is 4.54. The molecule has 0 fully saturated rings. The van der Waals surface area contributed by atoms with Gasteiger partial charge in [-0.05, 0) is 48.0 Å². The third-order valence-corrected chi connectivity index (χ3v) is 3.90. The summed E-state index contributed by atoms with van der Waals surface area (Å²) in [6.45, 7) is 7.64. The Kier molecular flexibility index (Phi) is 6.32. The van der Waals surface area contributed by atoms with Crippen LogP contribution in [0.2, 0.25) is 0 Å². The quantitative estimate of drug-likeness (QED) is 0.607. The monoisotopic (exact) mass is 301 g/mol. The van der Waals surface area contributed by atoms with Gasteiger partial charge in [-0.15, -0.1) is 11.3 Å². The van der Waals surface area contributed by atoms with Gasteiger partial charge in [0.05, 0.1) is 3.79 Å². The fourth-order valence-corrected chi connectivity index (χ4v) is 3.06. The minimum atomic E-state index is 0.585. The number of hydrogen-bond acceptors (Lipinski definition) is 2. The van der Waals surface area contributed by atoms with E-state index >= 15 is 0 Å². The van der Waals surface area contributed by atoms with E-state index in [0.717, 1.165) is 19.4 Å². The average Bonchev–Trinajstić information content (AvgIpc) is 2.58. The van der Waals surface area contributed by atoms with Gasteiger partial charge in [-0.2, -0.15) is 0 Å². The van der Waals surface area contributed by atoms with E-state index in [4.69, 9.17) is 0 Å². The van der Waals surface area contributed by atoms with Crippen molar-refractivity contribution in [3.8, 4) is 0 Å². The van der Waals surface area contributed by atoms with E-state index in [1.807, 2.05) is 11.3 Å². The molecule has 0 saturated carbocycles. The zero-order valence-corrected chi connectivity index (χ0v) is 12.6. The Labute approximate surface area is 111 Å². The molecule has 0 aliphatic rings. The summed E-state index contributed by atoms with van der Waals surface area (Å²) in [5.74, 6) is 0. The van der Waals surface area contributed by atoms with Crippen LogP contribution in [0.5, 0.6) is 0 Å². The highest BCUT2D eigenvalue weighted by molar-refractivity contribution is 9.11. The molecule has 0 unspecified atom stereocenters. The van der Waals surface area contributed by atoms with Crippen LogP contribution in [0.25, 0.3) is 0 Å². The molecule has 1 aromatic rings. The zero-order chi connectivity index (χ0) is 12.0. The van der Waals surface area contributed by atoms with Crippen LogP contribution in [-0.2, 0) is 6.42 Å². The van der Waals surface area contributed by atoms with Crippen LogP contribution in [-0.4, -0.2) is 12.6 Å². The second kappa shape index (κ2) is 7.25. The molecule has 1 aromatic heterocycles. The predicted octanol–water partition coefficient (Wildman–Crippen LogP) is 4.39. The van der Waals surface area contributed by atoms with E-state index < -0.39 is 0 Å². The molecule has 0 aromatic carbocycles. The van der Waals surface area contributed by atoms with Gasteiger partial charge in [-0.25, -0.2) is 0 Å². The van der Waals surface area contributed by atoms with Gasteiger partial charge in [0, 0.05) is 17.3 Å². The van der Waals surface area contributed by atoms with Crippen LogP contribution in [0.15, 0.2) is 27.6 Å². The summed E-state index contributed by atoms with van der Waals surface area (Å²) in [6, 6.07) is 4.90. The SMILES string of the molecule is CC(=CCCNC(C)C)Cc1ccc(Br)s1. The van der Waals surface area contributed by atoms with Crippen LogP contribution < -0.4 is 5.32 Å². The van der Waals surface area contributed by atoms with E-state index in [2.05, 4.69) is 60.2 Å². The number of rotatable bonds is 6. The summed E-state index contributed by atoms with van der Waals surface area (Å²) in [7, 11) is 0. The van der Waals surface area contributed by atoms with E-state index in [1.165, 1.54) is 14.2 Å². The smallest absolute Gasteiger partial charge is 0.0701 e. The number of thiophene rings is 1. The van der Waals surface area contributed by atoms with Crippen molar-refractivity contribution < 1.29 is 0 Å². The summed E-state index contributed by atoms with van der Waals surface area (Å²) < 4.78 is 1.22. The maximum atomic E-state index is 3.49. The lowest BCUT2D eigenvalue weighted by Gasteiger charge is -2.06. The molecule has 0 saturated heterocycles. The van der Waals surface area contributed by atoms with E-state index in [1.54, 1.807) is 0 Å². The molecule has 16 heavy (non-hydrogen) atoms. The van der Waals surface area contributed by atoms with Crippen LogP contribution in [0.4, 0.5) is 0 Å². The van der Waals surface area contributed by atoms with Gasteiger partial charge >= 0.3 is 0 Å². The molecule has 1 N–H and O–H groups in total. The largest absolute Gasteiger partial charge is 0.314 e. The average molecular weight is 302 g/mol. The lowest BCUT2D eigenvalue weighted by Crippen LogP contribution is -2.23. The maximum Gasteiger partial charge on any atom is 0.0701 e. The van der Waals surface area contributed by atoms with Gasteiger partial charge in [0.25, 0.3) is 0 Å². The second-order valence-corrected chi connectivity index (χ2v) is 6.88. The van der Waals surface area contributed by atoms with Crippen molar-refractivity contribution in [3.05, 3.63) is 32.4 Å². The molecule has 1 heterocycles. The number of hydrogen-bond donors (Lipinski definition) is 1. The van der Waals surface area contributed by atoms with Crippen molar-refractivity contribution in [1.29, 1.82) is 0 Å². The summed E-state index contributed by atoms with van der Waals surface area (Å²) in [5, 5.41) is 3.42. The Balaban J connectivity index is 2.29. The molecule has 0 radical (unpaired) electrons. The topological polar surface area (TPSA) is 12.0 Å². The maximum absolute atomic E-state index is 3.49. The highest BCUT2D eigenvalue weighted by Crippen LogP contribution is 2.24. The molecule has 0 bridgehead atoms. The van der Waals surface area contributed by atoms with Gasteiger partial charge in [-0.1, -0.05) is 25.5 Å². The second-order valence-electron chi connectivity index (χ2n) is 4.33. The van der Waals surface area contributed by atoms with Crippen molar-refractivity contribution in [1.82, 2.24) is 5.32 Å². The van der Waals surface area contributed by atoms with Crippen molar-refractivity contribution in [2.24, 2.45) is 0 Å². The molecule has 1 nitrogen and oxygen atoms in total. The lowest BCUT2D eigenvalue weighted by molar-refractivity contribution is 0.594. The third kappa shape index (κ3) is 5.83. The first-order valence-corrected chi connectivity index (χ1v) is 7.32. The Hall–Kier alpha value is -0.120. The first-order chi connectivity index (χ1) is 7.58. The van der Waals surface area contributed by atoms with E-state index in [9.17, 15) is 0 Å². The highest BCUT2D eigenvalue weighted by Gasteiger charge is 1.98. The zero-order valence-electron chi connectivity index (χ0n) is 10.2. The van der Waals surface area contributed by atoms with Crippen LogP contribution in [0.1, 0.15) is 32.1 Å². The molecule has 0 aliphatic carbocycles. The first kappa shape index (κ1) is 13.9. The third-order valence-electron chi connectivity index (χ3n) is 2.27. The molecule has 0 aliphatic heterocycles. The Bertz CT molecular complexity index is 341. The lowest BCUT2D eigenvalue weighted by atomic mass is 10.1. The molecular weight excluding hydrogens is 282 g/mol. The predicted molar refractivity (Wildman–Crippen MR) is 77.2 cm³/mol. The summed E-state index contributed by atoms with van der Waals surface area (Å²) >= 11 is 5.31. The summed E-state index contributed by atoms with van der Waals surface area (Å²) in [5.41, 5.74) is 1.46. The first-order valence-electron chi connectivity index (χ1n) is 5.71. The van der Waals surface area contributed by atoms with Crippen molar-refractivity contribution in [3.63, 3.8) is 0 Å². The molecule has 3 heteroatoms. The van der Waals surface area contributed by atoms with Gasteiger partial charge in [0.2, 0.25) is 0 Å². The number of halogens is 1. The molecule has 90 valence electrons. The van der Waals surface area contributed by atoms with Crippen molar-refractivity contribution in [2.75, 3.05) is 6.54 Å². The molecule has 0 amide bonds. The van der Waals surface area contributed by atoms with Crippen LogP contribution in [0.3, 0.4) is 0 Å². The highest BCUT2D eigenvalue weighted by atomic mass is 79.9. The Morgan fingerprint density at radius 2 is 2.25 bits per heavy atom. The fourth-order valence-electron chi connectivity index (χ4n) is 1.48. The normalized spacial score (nSPS) is 12.4. The van der Waals surface area contributed by atoms with Gasteiger partial charge in [-0.3, -0.25) is 0 Å². The Morgan fingerprint density at radius 3 is 2.81 bits per heavy atom. The van der Waals surface area contributed by atoms with E-state index in [-0.39, 0.29) is 0 Å². The van der Waals surface area contributed by atoms with Crippen molar-refractivity contribution >= 4 is 27.3 Å². The van der Waals surface area contributed by atoms with Gasteiger partial charge in [0.15, 0.2) is 0 Å². The number of allylic oxidation sites excluding steroid dienone is 1.